The lowest BCUT2D eigenvalue weighted by Crippen LogP contribution is -2.02. The van der Waals surface area contributed by atoms with E-state index in [1.165, 1.54) is 16.7 Å². The van der Waals surface area contributed by atoms with Gasteiger partial charge in [0.2, 0.25) is 0 Å². The minimum Gasteiger partial charge on any atom is -0.494 e. The standard InChI is InChI=1S/C26H28N2O2/c1-4-23(26-27-24-15-14-22(29-5-2)16-25(24)28-26)20-10-12-21(13-11-20)30-17-19-8-6-18(3)7-9-19/h6-16,23H,4-5,17H2,1-3H3,(H,27,28). The van der Waals surface area contributed by atoms with Gasteiger partial charge in [-0.05, 0) is 55.7 Å². The molecular weight excluding hydrogens is 372 g/mol. The first-order valence-electron chi connectivity index (χ1n) is 10.6. The fourth-order valence-electron chi connectivity index (χ4n) is 3.66. The van der Waals surface area contributed by atoms with Crippen LogP contribution in [0.25, 0.3) is 11.0 Å². The highest BCUT2D eigenvalue weighted by Gasteiger charge is 2.17. The third-order valence-electron chi connectivity index (χ3n) is 5.33. The maximum absolute atomic E-state index is 5.95. The number of fused-ring (bicyclic) bond motifs is 1. The Labute approximate surface area is 177 Å². The topological polar surface area (TPSA) is 47.1 Å². The van der Waals surface area contributed by atoms with Gasteiger partial charge in [0.1, 0.15) is 23.9 Å². The first-order chi connectivity index (χ1) is 14.7. The van der Waals surface area contributed by atoms with Crippen LogP contribution in [0, 0.1) is 6.92 Å². The van der Waals surface area contributed by atoms with Gasteiger partial charge in [-0.3, -0.25) is 0 Å². The predicted molar refractivity (Wildman–Crippen MR) is 121 cm³/mol. The molecule has 1 aromatic heterocycles. The summed E-state index contributed by atoms with van der Waals surface area (Å²) in [7, 11) is 0. The summed E-state index contributed by atoms with van der Waals surface area (Å²) >= 11 is 0. The van der Waals surface area contributed by atoms with Crippen LogP contribution in [0.5, 0.6) is 11.5 Å². The molecule has 0 amide bonds. The van der Waals surface area contributed by atoms with E-state index in [9.17, 15) is 0 Å². The number of nitrogens with one attached hydrogen (secondary N) is 1. The van der Waals surface area contributed by atoms with Crippen molar-refractivity contribution in [2.45, 2.75) is 39.7 Å². The van der Waals surface area contributed by atoms with Crippen LogP contribution in [0.1, 0.15) is 48.7 Å². The van der Waals surface area contributed by atoms with E-state index in [1.54, 1.807) is 0 Å². The number of H-pyrrole nitrogens is 1. The summed E-state index contributed by atoms with van der Waals surface area (Å²) in [4.78, 5) is 8.31. The molecule has 0 bridgehead atoms. The van der Waals surface area contributed by atoms with E-state index in [1.807, 2.05) is 37.3 Å². The number of aromatic amines is 1. The second kappa shape index (κ2) is 9.04. The fraction of sp³-hybridized carbons (Fsp3) is 0.269. The molecule has 0 aliphatic heterocycles. The molecule has 4 rings (SSSR count). The summed E-state index contributed by atoms with van der Waals surface area (Å²) in [5.41, 5.74) is 5.62. The number of ether oxygens (including phenoxy) is 2. The summed E-state index contributed by atoms with van der Waals surface area (Å²) < 4.78 is 11.6. The number of hydrogen-bond donors (Lipinski definition) is 1. The summed E-state index contributed by atoms with van der Waals surface area (Å²) in [6.07, 6.45) is 0.960. The van der Waals surface area contributed by atoms with Crippen LogP contribution in [0.15, 0.2) is 66.7 Å². The largest absolute Gasteiger partial charge is 0.494 e. The van der Waals surface area contributed by atoms with Crippen molar-refractivity contribution in [1.82, 2.24) is 9.97 Å². The average molecular weight is 401 g/mol. The molecule has 0 aliphatic carbocycles. The van der Waals surface area contributed by atoms with E-state index in [0.717, 1.165) is 34.8 Å². The van der Waals surface area contributed by atoms with E-state index in [4.69, 9.17) is 14.5 Å². The lowest BCUT2D eigenvalue weighted by atomic mass is 9.96. The van der Waals surface area contributed by atoms with E-state index in [-0.39, 0.29) is 5.92 Å². The molecule has 30 heavy (non-hydrogen) atoms. The van der Waals surface area contributed by atoms with E-state index in [0.29, 0.717) is 13.2 Å². The SMILES string of the molecule is CCOc1ccc2nc(C(CC)c3ccc(OCc4ccc(C)cc4)cc3)[nH]c2c1. The maximum atomic E-state index is 5.95. The molecule has 4 heteroatoms. The molecule has 0 saturated heterocycles. The lowest BCUT2D eigenvalue weighted by molar-refractivity contribution is 0.306. The number of aromatic nitrogens is 2. The van der Waals surface area contributed by atoms with Crippen molar-refractivity contribution in [3.05, 3.63) is 89.2 Å². The van der Waals surface area contributed by atoms with Crippen molar-refractivity contribution >= 4 is 11.0 Å². The summed E-state index contributed by atoms with van der Waals surface area (Å²) in [6.45, 7) is 7.49. The third-order valence-corrected chi connectivity index (χ3v) is 5.33. The van der Waals surface area contributed by atoms with Crippen LogP contribution in [-0.2, 0) is 6.61 Å². The summed E-state index contributed by atoms with van der Waals surface area (Å²) in [6, 6.07) is 22.8. The number of hydrogen-bond acceptors (Lipinski definition) is 3. The Balaban J connectivity index is 1.49. The Morgan fingerprint density at radius 1 is 0.867 bits per heavy atom. The van der Waals surface area contributed by atoms with Crippen molar-refractivity contribution in [2.75, 3.05) is 6.61 Å². The Hall–Kier alpha value is -3.27. The molecule has 4 nitrogen and oxygen atoms in total. The molecule has 0 radical (unpaired) electrons. The van der Waals surface area contributed by atoms with Crippen molar-refractivity contribution in [2.24, 2.45) is 0 Å². The molecule has 1 heterocycles. The Bertz CT molecular complexity index is 1100. The molecule has 0 spiro atoms. The van der Waals surface area contributed by atoms with E-state index >= 15 is 0 Å². The van der Waals surface area contributed by atoms with Crippen LogP contribution in [0.3, 0.4) is 0 Å². The Morgan fingerprint density at radius 2 is 1.60 bits per heavy atom. The molecule has 154 valence electrons. The molecule has 0 aliphatic rings. The van der Waals surface area contributed by atoms with Crippen molar-refractivity contribution < 1.29 is 9.47 Å². The molecule has 1 N–H and O–H groups in total. The van der Waals surface area contributed by atoms with Crippen LogP contribution < -0.4 is 9.47 Å². The van der Waals surface area contributed by atoms with Gasteiger partial charge >= 0.3 is 0 Å². The minimum atomic E-state index is 0.207. The van der Waals surface area contributed by atoms with Gasteiger partial charge in [-0.1, -0.05) is 48.9 Å². The third kappa shape index (κ3) is 4.48. The zero-order valence-corrected chi connectivity index (χ0v) is 17.8. The van der Waals surface area contributed by atoms with Gasteiger partial charge in [0.25, 0.3) is 0 Å². The number of benzene rings is 3. The number of rotatable bonds is 8. The monoisotopic (exact) mass is 400 g/mol. The maximum Gasteiger partial charge on any atom is 0.121 e. The van der Waals surface area contributed by atoms with Gasteiger partial charge in [-0.25, -0.2) is 4.98 Å². The van der Waals surface area contributed by atoms with Gasteiger partial charge in [0.15, 0.2) is 0 Å². The molecule has 0 saturated carbocycles. The zero-order chi connectivity index (χ0) is 20.9. The van der Waals surface area contributed by atoms with E-state index in [2.05, 4.69) is 55.2 Å². The van der Waals surface area contributed by atoms with Gasteiger partial charge < -0.3 is 14.5 Å². The van der Waals surface area contributed by atoms with Crippen LogP contribution in [-0.4, -0.2) is 16.6 Å². The minimum absolute atomic E-state index is 0.207. The lowest BCUT2D eigenvalue weighted by Gasteiger charge is -2.14. The summed E-state index contributed by atoms with van der Waals surface area (Å²) in [5.74, 6) is 2.93. The van der Waals surface area contributed by atoms with Crippen molar-refractivity contribution in [3.8, 4) is 11.5 Å². The quantitative estimate of drug-likeness (QED) is 0.373. The first kappa shape index (κ1) is 20.0. The van der Waals surface area contributed by atoms with Crippen molar-refractivity contribution in [1.29, 1.82) is 0 Å². The second-order valence-corrected chi connectivity index (χ2v) is 7.54. The predicted octanol–water partition coefficient (Wildman–Crippen LogP) is 6.39. The highest BCUT2D eigenvalue weighted by molar-refractivity contribution is 5.77. The zero-order valence-electron chi connectivity index (χ0n) is 17.8. The molecule has 4 aromatic rings. The summed E-state index contributed by atoms with van der Waals surface area (Å²) in [5, 5.41) is 0. The first-order valence-corrected chi connectivity index (χ1v) is 10.6. The number of aryl methyl sites for hydroxylation is 1. The van der Waals surface area contributed by atoms with Gasteiger partial charge in [-0.15, -0.1) is 0 Å². The van der Waals surface area contributed by atoms with Crippen LogP contribution in [0.2, 0.25) is 0 Å². The average Bonchev–Trinajstić information content (AvgIpc) is 3.18. The molecule has 1 atom stereocenters. The fourth-order valence-corrected chi connectivity index (χ4v) is 3.66. The Kier molecular flexibility index (Phi) is 6.03. The molecule has 3 aromatic carbocycles. The highest BCUT2D eigenvalue weighted by atomic mass is 16.5. The second-order valence-electron chi connectivity index (χ2n) is 7.54. The van der Waals surface area contributed by atoms with E-state index < -0.39 is 0 Å². The van der Waals surface area contributed by atoms with Gasteiger partial charge in [-0.2, -0.15) is 0 Å². The molecule has 1 unspecified atom stereocenters. The Morgan fingerprint density at radius 3 is 2.30 bits per heavy atom. The number of nitrogens with zero attached hydrogens (tertiary/aromatic N) is 1. The number of imidazole rings is 1. The van der Waals surface area contributed by atoms with Crippen LogP contribution in [0.4, 0.5) is 0 Å². The van der Waals surface area contributed by atoms with Crippen LogP contribution >= 0.6 is 0 Å². The van der Waals surface area contributed by atoms with Crippen molar-refractivity contribution in [3.63, 3.8) is 0 Å². The van der Waals surface area contributed by atoms with Gasteiger partial charge in [0, 0.05) is 12.0 Å². The molecule has 0 fully saturated rings. The normalized spacial score (nSPS) is 12.1. The van der Waals surface area contributed by atoms with Gasteiger partial charge in [0.05, 0.1) is 17.6 Å². The molecular formula is C26H28N2O2. The highest BCUT2D eigenvalue weighted by Crippen LogP contribution is 2.30. The smallest absolute Gasteiger partial charge is 0.121 e.